The molecule has 2 bridgehead atoms. The molecule has 0 spiro atoms. The van der Waals surface area contributed by atoms with Gasteiger partial charge in [0.2, 0.25) is 0 Å². The van der Waals surface area contributed by atoms with Crippen LogP contribution in [-0.2, 0) is 7.05 Å². The number of hydrogen-bond donors (Lipinski definition) is 0. The molecule has 0 aliphatic carbocycles. The molecule has 5 heteroatoms. The van der Waals surface area contributed by atoms with Crippen LogP contribution < -0.4 is 4.90 Å². The molecule has 2 aromatic heterocycles. The van der Waals surface area contributed by atoms with Gasteiger partial charge in [0, 0.05) is 31.5 Å². The van der Waals surface area contributed by atoms with E-state index in [0.717, 1.165) is 18.7 Å². The number of nitrogens with zero attached hydrogens (tertiary/aromatic N) is 5. The Labute approximate surface area is 129 Å². The van der Waals surface area contributed by atoms with Crippen molar-refractivity contribution in [1.29, 1.82) is 5.26 Å². The summed E-state index contributed by atoms with van der Waals surface area (Å²) in [6.07, 6.45) is 9.25. The second kappa shape index (κ2) is 4.99. The summed E-state index contributed by atoms with van der Waals surface area (Å²) in [5.41, 5.74) is 3.21. The van der Waals surface area contributed by atoms with Gasteiger partial charge in [-0.15, -0.1) is 0 Å². The minimum atomic E-state index is 0.393. The maximum Gasteiger partial charge on any atom is 0.129 e. The van der Waals surface area contributed by atoms with Crippen molar-refractivity contribution in [2.45, 2.75) is 31.3 Å². The number of anilines is 1. The standard InChI is InChI=1S/C17H17N5/c1-21-16(6-7-20-21)13-8-14-3-4-15(9-13)22(14)17-5-2-12(10-18)11-19-17/h2,5-8,11,14-15H,3-4,9H2,1H3. The van der Waals surface area contributed by atoms with Crippen LogP contribution in [-0.4, -0.2) is 26.8 Å². The topological polar surface area (TPSA) is 57.7 Å². The minimum Gasteiger partial charge on any atom is -0.347 e. The molecule has 2 aliphatic rings. The molecule has 2 aromatic rings. The Balaban J connectivity index is 1.66. The summed E-state index contributed by atoms with van der Waals surface area (Å²) in [5.74, 6) is 0.979. The van der Waals surface area contributed by atoms with Gasteiger partial charge in [-0.3, -0.25) is 4.68 Å². The average molecular weight is 291 g/mol. The van der Waals surface area contributed by atoms with E-state index in [2.05, 4.69) is 33.2 Å². The minimum absolute atomic E-state index is 0.393. The second-order valence-corrected chi connectivity index (χ2v) is 5.96. The molecule has 0 radical (unpaired) electrons. The van der Waals surface area contributed by atoms with E-state index in [1.54, 1.807) is 6.20 Å². The van der Waals surface area contributed by atoms with Gasteiger partial charge < -0.3 is 4.90 Å². The number of aromatic nitrogens is 3. The Morgan fingerprint density at radius 3 is 2.82 bits per heavy atom. The summed E-state index contributed by atoms with van der Waals surface area (Å²) in [7, 11) is 1.99. The fourth-order valence-electron chi connectivity index (χ4n) is 3.67. The van der Waals surface area contributed by atoms with Crippen molar-refractivity contribution in [3.05, 3.63) is 47.9 Å². The lowest BCUT2D eigenvalue weighted by Crippen LogP contribution is -2.39. The maximum absolute atomic E-state index is 8.90. The van der Waals surface area contributed by atoms with Gasteiger partial charge in [0.25, 0.3) is 0 Å². The van der Waals surface area contributed by atoms with Gasteiger partial charge >= 0.3 is 0 Å². The zero-order valence-electron chi connectivity index (χ0n) is 12.5. The zero-order valence-corrected chi connectivity index (χ0v) is 12.5. The summed E-state index contributed by atoms with van der Waals surface area (Å²) >= 11 is 0. The van der Waals surface area contributed by atoms with Crippen LogP contribution in [0, 0.1) is 11.3 Å². The summed E-state index contributed by atoms with van der Waals surface area (Å²) in [4.78, 5) is 6.88. The van der Waals surface area contributed by atoms with Gasteiger partial charge in [0.1, 0.15) is 11.9 Å². The fourth-order valence-corrected chi connectivity index (χ4v) is 3.67. The van der Waals surface area contributed by atoms with E-state index in [-0.39, 0.29) is 0 Å². The number of pyridine rings is 1. The molecule has 2 atom stereocenters. The Morgan fingerprint density at radius 2 is 2.18 bits per heavy atom. The molecule has 0 amide bonds. The first-order chi connectivity index (χ1) is 10.8. The summed E-state index contributed by atoms with van der Waals surface area (Å²) in [6.45, 7) is 0. The molecule has 4 heterocycles. The van der Waals surface area contributed by atoms with Crippen molar-refractivity contribution in [2.24, 2.45) is 7.05 Å². The van der Waals surface area contributed by atoms with E-state index >= 15 is 0 Å². The molecule has 0 aromatic carbocycles. The molecule has 5 nitrogen and oxygen atoms in total. The SMILES string of the molecule is Cn1nccc1C1=CC2CCC(C1)N2c1ccc(C#N)cn1. The van der Waals surface area contributed by atoms with E-state index in [1.165, 1.54) is 17.7 Å². The number of rotatable bonds is 2. The monoisotopic (exact) mass is 291 g/mol. The Kier molecular flexibility index (Phi) is 2.97. The Morgan fingerprint density at radius 1 is 1.27 bits per heavy atom. The third-order valence-corrected chi connectivity index (χ3v) is 4.69. The van der Waals surface area contributed by atoms with E-state index in [0.29, 0.717) is 17.6 Å². The highest BCUT2D eigenvalue weighted by Gasteiger charge is 2.37. The van der Waals surface area contributed by atoms with Gasteiger partial charge in [-0.25, -0.2) is 4.98 Å². The first-order valence-corrected chi connectivity index (χ1v) is 7.60. The van der Waals surface area contributed by atoms with Gasteiger partial charge in [0.15, 0.2) is 0 Å². The highest BCUT2D eigenvalue weighted by Crippen LogP contribution is 2.40. The Bertz CT molecular complexity index is 765. The van der Waals surface area contributed by atoms with Crippen LogP contribution >= 0.6 is 0 Å². The zero-order chi connectivity index (χ0) is 15.1. The van der Waals surface area contributed by atoms with Crippen molar-refractivity contribution in [2.75, 3.05) is 4.90 Å². The fraction of sp³-hybridized carbons (Fsp3) is 0.353. The summed E-state index contributed by atoms with van der Waals surface area (Å²) in [6, 6.07) is 8.90. The normalized spacial score (nSPS) is 23.3. The number of fused-ring (bicyclic) bond motifs is 2. The molecular formula is C17H17N5. The van der Waals surface area contributed by atoms with Crippen molar-refractivity contribution in [3.8, 4) is 6.07 Å². The second-order valence-electron chi connectivity index (χ2n) is 5.96. The average Bonchev–Trinajstić information content (AvgIpc) is 3.08. The molecule has 2 unspecified atom stereocenters. The number of hydrogen-bond acceptors (Lipinski definition) is 4. The van der Waals surface area contributed by atoms with Crippen LogP contribution in [0.5, 0.6) is 0 Å². The Hall–Kier alpha value is -2.61. The van der Waals surface area contributed by atoms with E-state index in [9.17, 15) is 0 Å². The first kappa shape index (κ1) is 13.1. The predicted molar refractivity (Wildman–Crippen MR) is 84.0 cm³/mol. The maximum atomic E-state index is 8.90. The van der Waals surface area contributed by atoms with E-state index in [1.807, 2.05) is 30.1 Å². The van der Waals surface area contributed by atoms with Gasteiger partial charge in [0.05, 0.1) is 11.3 Å². The van der Waals surface area contributed by atoms with Crippen molar-refractivity contribution < 1.29 is 0 Å². The van der Waals surface area contributed by atoms with E-state index in [4.69, 9.17) is 5.26 Å². The molecule has 110 valence electrons. The smallest absolute Gasteiger partial charge is 0.129 e. The van der Waals surface area contributed by atoms with E-state index < -0.39 is 0 Å². The van der Waals surface area contributed by atoms with Gasteiger partial charge in [-0.2, -0.15) is 10.4 Å². The van der Waals surface area contributed by atoms with Crippen LogP contribution in [0.4, 0.5) is 5.82 Å². The van der Waals surface area contributed by atoms with Gasteiger partial charge in [-0.05, 0) is 43.0 Å². The molecular weight excluding hydrogens is 274 g/mol. The third kappa shape index (κ3) is 2.00. The first-order valence-electron chi connectivity index (χ1n) is 7.60. The lowest BCUT2D eigenvalue weighted by Gasteiger charge is -2.35. The quantitative estimate of drug-likeness (QED) is 0.853. The molecule has 1 fully saturated rings. The highest BCUT2D eigenvalue weighted by molar-refractivity contribution is 5.69. The lowest BCUT2D eigenvalue weighted by molar-refractivity contribution is 0.643. The van der Waals surface area contributed by atoms with Crippen molar-refractivity contribution >= 4 is 11.4 Å². The number of nitriles is 1. The van der Waals surface area contributed by atoms with Gasteiger partial charge in [-0.1, -0.05) is 6.08 Å². The third-order valence-electron chi connectivity index (χ3n) is 4.69. The van der Waals surface area contributed by atoms with Crippen LogP contribution in [0.3, 0.4) is 0 Å². The highest BCUT2D eigenvalue weighted by atomic mass is 15.3. The predicted octanol–water partition coefficient (Wildman–Crippen LogP) is 2.51. The number of aryl methyl sites for hydroxylation is 1. The van der Waals surface area contributed by atoms with Crippen molar-refractivity contribution in [1.82, 2.24) is 14.8 Å². The lowest BCUT2D eigenvalue weighted by atomic mass is 9.98. The van der Waals surface area contributed by atoms with Crippen LogP contribution in [0.2, 0.25) is 0 Å². The molecule has 22 heavy (non-hydrogen) atoms. The summed E-state index contributed by atoms with van der Waals surface area (Å²) in [5, 5.41) is 13.2. The molecule has 1 saturated heterocycles. The molecule has 0 saturated carbocycles. The molecule has 0 N–H and O–H groups in total. The largest absolute Gasteiger partial charge is 0.347 e. The van der Waals surface area contributed by atoms with Crippen LogP contribution in [0.15, 0.2) is 36.7 Å². The molecule has 2 aliphatic heterocycles. The van der Waals surface area contributed by atoms with Crippen molar-refractivity contribution in [3.63, 3.8) is 0 Å². The molecule has 4 rings (SSSR count). The van der Waals surface area contributed by atoms with Crippen LogP contribution in [0.25, 0.3) is 5.57 Å². The van der Waals surface area contributed by atoms with Crippen LogP contribution in [0.1, 0.15) is 30.5 Å². The summed E-state index contributed by atoms with van der Waals surface area (Å²) < 4.78 is 1.95.